The quantitative estimate of drug-likeness (QED) is 0.591. The molecule has 0 saturated heterocycles. The highest BCUT2D eigenvalue weighted by Crippen LogP contribution is 2.24. The van der Waals surface area contributed by atoms with Crippen molar-refractivity contribution in [3.63, 3.8) is 0 Å². The van der Waals surface area contributed by atoms with Crippen molar-refractivity contribution in [2.45, 2.75) is 29.3 Å². The fraction of sp³-hybridized carbons (Fsp3) is 0.222. The van der Waals surface area contributed by atoms with Gasteiger partial charge in [0.2, 0.25) is 5.91 Å². The molecule has 0 aliphatic heterocycles. The molecule has 0 spiro atoms. The monoisotopic (exact) mass is 353 g/mol. The zero-order chi connectivity index (χ0) is 17.5. The molecule has 2 N–H and O–H groups in total. The maximum Gasteiger partial charge on any atom is 0.234 e. The lowest BCUT2D eigenvalue weighted by molar-refractivity contribution is -0.120. The predicted molar refractivity (Wildman–Crippen MR) is 98.9 cm³/mol. The Balaban J connectivity index is 1.66. The normalized spacial score (nSPS) is 17.2. The number of nitrogens with zero attached hydrogens (tertiary/aromatic N) is 3. The number of carbonyl (C=O) groups is 1. The summed E-state index contributed by atoms with van der Waals surface area (Å²) in [6.07, 6.45) is 12.7. The largest absolute Gasteiger partial charge is 0.349 e. The van der Waals surface area contributed by atoms with Gasteiger partial charge in [0.1, 0.15) is 5.69 Å². The van der Waals surface area contributed by atoms with Gasteiger partial charge in [-0.05, 0) is 25.0 Å². The molecular weight excluding hydrogens is 334 g/mol. The summed E-state index contributed by atoms with van der Waals surface area (Å²) >= 11 is 1.34. The van der Waals surface area contributed by atoms with Crippen LogP contribution in [0.15, 0.2) is 66.5 Å². The average molecular weight is 353 g/mol. The van der Waals surface area contributed by atoms with Gasteiger partial charge in [-0.2, -0.15) is 0 Å². The number of pyridine rings is 1. The molecule has 0 aromatic carbocycles. The van der Waals surface area contributed by atoms with Crippen LogP contribution in [0.25, 0.3) is 11.5 Å². The standard InChI is InChI=1S/C18H19N5OS/c1-2-8-15(17(24)20-13-9-4-3-5-10-13)25-18-21-16(22-23-18)14-11-6-7-12-19-14/h2-7,9,11-13,15H,1,8,10H2,(H,20,24)(H,21,22,23). The molecule has 128 valence electrons. The van der Waals surface area contributed by atoms with Gasteiger partial charge < -0.3 is 10.3 Å². The molecule has 2 heterocycles. The van der Waals surface area contributed by atoms with Crippen molar-refractivity contribution < 1.29 is 4.79 Å². The SMILES string of the molecule is C=CCC(Sc1nnc(-c2ccccn2)[nH]1)C(=O)NC1C=CC=CC1. The molecule has 1 aliphatic carbocycles. The number of nitrogens with one attached hydrogen (secondary N) is 2. The molecule has 0 fully saturated rings. The van der Waals surface area contributed by atoms with Crippen LogP contribution in [-0.4, -0.2) is 37.4 Å². The van der Waals surface area contributed by atoms with E-state index in [4.69, 9.17) is 0 Å². The Labute approximate surface area is 150 Å². The maximum atomic E-state index is 12.6. The molecule has 6 nitrogen and oxygen atoms in total. The molecule has 0 saturated carbocycles. The lowest BCUT2D eigenvalue weighted by atomic mass is 10.1. The number of hydrogen-bond acceptors (Lipinski definition) is 5. The van der Waals surface area contributed by atoms with Gasteiger partial charge in [-0.3, -0.25) is 9.78 Å². The van der Waals surface area contributed by atoms with E-state index in [0.717, 1.165) is 6.42 Å². The second-order valence-electron chi connectivity index (χ2n) is 5.49. The lowest BCUT2D eigenvalue weighted by Gasteiger charge is -2.19. The molecule has 2 atom stereocenters. The van der Waals surface area contributed by atoms with Crippen molar-refractivity contribution in [2.75, 3.05) is 0 Å². The summed E-state index contributed by atoms with van der Waals surface area (Å²) in [6.45, 7) is 3.75. The number of H-pyrrole nitrogens is 1. The average Bonchev–Trinajstić information content (AvgIpc) is 3.11. The summed E-state index contributed by atoms with van der Waals surface area (Å²) in [6, 6.07) is 5.61. The maximum absolute atomic E-state index is 12.6. The van der Waals surface area contributed by atoms with Gasteiger partial charge in [-0.1, -0.05) is 48.2 Å². The van der Waals surface area contributed by atoms with E-state index < -0.39 is 0 Å². The van der Waals surface area contributed by atoms with E-state index in [1.54, 1.807) is 12.3 Å². The minimum absolute atomic E-state index is 0.0317. The van der Waals surface area contributed by atoms with Crippen molar-refractivity contribution >= 4 is 17.7 Å². The van der Waals surface area contributed by atoms with E-state index in [1.165, 1.54) is 11.8 Å². The summed E-state index contributed by atoms with van der Waals surface area (Å²) in [5.41, 5.74) is 0.714. The van der Waals surface area contributed by atoms with Gasteiger partial charge in [0.05, 0.1) is 11.3 Å². The van der Waals surface area contributed by atoms with Crippen LogP contribution < -0.4 is 5.32 Å². The summed E-state index contributed by atoms with van der Waals surface area (Å²) in [7, 11) is 0. The second-order valence-corrected chi connectivity index (χ2v) is 6.68. The van der Waals surface area contributed by atoms with Crippen LogP contribution >= 0.6 is 11.8 Å². The Kier molecular flexibility index (Phi) is 5.79. The number of amides is 1. The first kappa shape index (κ1) is 17.2. The Morgan fingerprint density at radius 2 is 2.36 bits per heavy atom. The van der Waals surface area contributed by atoms with Crippen molar-refractivity contribution in [3.8, 4) is 11.5 Å². The molecule has 7 heteroatoms. The number of allylic oxidation sites excluding steroid dienone is 3. The number of aromatic amines is 1. The zero-order valence-electron chi connectivity index (χ0n) is 13.6. The molecule has 25 heavy (non-hydrogen) atoms. The molecule has 0 bridgehead atoms. The van der Waals surface area contributed by atoms with Crippen LogP contribution in [0.2, 0.25) is 0 Å². The first-order valence-corrected chi connectivity index (χ1v) is 8.89. The summed E-state index contributed by atoms with van der Waals surface area (Å²) in [5.74, 6) is 0.548. The Hall–Kier alpha value is -2.67. The third kappa shape index (κ3) is 4.67. The minimum atomic E-state index is -0.318. The molecule has 1 aliphatic rings. The van der Waals surface area contributed by atoms with E-state index in [1.807, 2.05) is 42.5 Å². The van der Waals surface area contributed by atoms with Crippen molar-refractivity contribution in [2.24, 2.45) is 0 Å². The third-order valence-electron chi connectivity index (χ3n) is 3.61. The Morgan fingerprint density at radius 1 is 1.44 bits per heavy atom. The molecule has 2 aromatic rings. The van der Waals surface area contributed by atoms with E-state index >= 15 is 0 Å². The van der Waals surface area contributed by atoms with Crippen LogP contribution in [0, 0.1) is 0 Å². The minimum Gasteiger partial charge on any atom is -0.349 e. The molecular formula is C18H19N5OS. The summed E-state index contributed by atoms with van der Waals surface area (Å²) in [4.78, 5) is 19.9. The van der Waals surface area contributed by atoms with E-state index in [0.29, 0.717) is 23.1 Å². The number of hydrogen-bond donors (Lipinski definition) is 2. The fourth-order valence-corrected chi connectivity index (χ4v) is 3.30. The highest BCUT2D eigenvalue weighted by molar-refractivity contribution is 8.00. The van der Waals surface area contributed by atoms with Crippen LogP contribution in [0.1, 0.15) is 12.8 Å². The Bertz CT molecular complexity index is 784. The topological polar surface area (TPSA) is 83.6 Å². The number of rotatable bonds is 7. The van der Waals surface area contributed by atoms with Crippen LogP contribution in [0.5, 0.6) is 0 Å². The number of aromatic nitrogens is 4. The first-order valence-electron chi connectivity index (χ1n) is 8.01. The van der Waals surface area contributed by atoms with Gasteiger partial charge in [-0.15, -0.1) is 16.8 Å². The smallest absolute Gasteiger partial charge is 0.234 e. The molecule has 0 radical (unpaired) electrons. The molecule has 2 unspecified atom stereocenters. The Morgan fingerprint density at radius 3 is 3.08 bits per heavy atom. The van der Waals surface area contributed by atoms with E-state index in [2.05, 4.69) is 32.1 Å². The van der Waals surface area contributed by atoms with Gasteiger partial charge in [0.15, 0.2) is 11.0 Å². The van der Waals surface area contributed by atoms with Crippen molar-refractivity contribution in [1.82, 2.24) is 25.5 Å². The van der Waals surface area contributed by atoms with Gasteiger partial charge in [0.25, 0.3) is 0 Å². The van der Waals surface area contributed by atoms with Crippen LogP contribution in [-0.2, 0) is 4.79 Å². The van der Waals surface area contributed by atoms with Crippen molar-refractivity contribution in [3.05, 3.63) is 61.4 Å². The predicted octanol–water partition coefficient (Wildman–Crippen LogP) is 2.90. The lowest BCUT2D eigenvalue weighted by Crippen LogP contribution is -2.39. The summed E-state index contributed by atoms with van der Waals surface area (Å²) in [5, 5.41) is 11.5. The summed E-state index contributed by atoms with van der Waals surface area (Å²) < 4.78 is 0. The zero-order valence-corrected chi connectivity index (χ0v) is 14.4. The molecule has 3 rings (SSSR count). The van der Waals surface area contributed by atoms with Crippen molar-refractivity contribution in [1.29, 1.82) is 0 Å². The third-order valence-corrected chi connectivity index (χ3v) is 4.71. The highest BCUT2D eigenvalue weighted by Gasteiger charge is 2.22. The van der Waals surface area contributed by atoms with E-state index in [-0.39, 0.29) is 17.2 Å². The molecule has 1 amide bonds. The van der Waals surface area contributed by atoms with Gasteiger partial charge in [-0.25, -0.2) is 0 Å². The highest BCUT2D eigenvalue weighted by atomic mass is 32.2. The van der Waals surface area contributed by atoms with Gasteiger partial charge >= 0.3 is 0 Å². The fourth-order valence-electron chi connectivity index (χ4n) is 2.38. The number of thioether (sulfide) groups is 1. The van der Waals surface area contributed by atoms with Crippen LogP contribution in [0.4, 0.5) is 0 Å². The van der Waals surface area contributed by atoms with E-state index in [9.17, 15) is 4.79 Å². The molecule has 2 aromatic heterocycles. The second kappa shape index (κ2) is 8.43. The van der Waals surface area contributed by atoms with Crippen LogP contribution in [0.3, 0.4) is 0 Å². The first-order chi connectivity index (χ1) is 12.3. The van der Waals surface area contributed by atoms with Gasteiger partial charge in [0, 0.05) is 6.20 Å². The number of carbonyl (C=O) groups excluding carboxylic acids is 1.